The average molecular weight is 625 g/mol. The fraction of sp³-hybridized carbons (Fsp3) is 0.387. The summed E-state index contributed by atoms with van der Waals surface area (Å²) in [6.45, 7) is 2.56. The number of carbonyl (C=O) groups excluding carboxylic acids is 2. The van der Waals surface area contributed by atoms with Crippen LogP contribution in [0.5, 0.6) is 5.75 Å². The fourth-order valence-corrected chi connectivity index (χ4v) is 6.68. The molecular formula is C31H30F2N4O8. The van der Waals surface area contributed by atoms with Gasteiger partial charge < -0.3 is 33.5 Å². The van der Waals surface area contributed by atoms with Gasteiger partial charge in [0.05, 0.1) is 39.1 Å². The molecule has 1 amide bonds. The van der Waals surface area contributed by atoms with E-state index in [0.29, 0.717) is 18.7 Å². The number of para-hydroxylation sites is 1. The van der Waals surface area contributed by atoms with Crippen LogP contribution in [0.2, 0.25) is 0 Å². The number of hydrogen-bond donors (Lipinski definition) is 0. The van der Waals surface area contributed by atoms with Gasteiger partial charge in [-0.15, -0.1) is 0 Å². The Morgan fingerprint density at radius 3 is 2.56 bits per heavy atom. The second-order valence-corrected chi connectivity index (χ2v) is 10.8. The minimum Gasteiger partial charge on any atom is -0.451 e. The summed E-state index contributed by atoms with van der Waals surface area (Å²) in [6, 6.07) is 10.1. The van der Waals surface area contributed by atoms with Crippen molar-refractivity contribution in [1.29, 1.82) is 0 Å². The van der Waals surface area contributed by atoms with E-state index in [1.54, 1.807) is 17.9 Å². The van der Waals surface area contributed by atoms with Crippen molar-refractivity contribution in [2.45, 2.75) is 25.2 Å². The molecule has 0 saturated carbocycles. The Hall–Kier alpha value is -4.69. The lowest BCUT2D eigenvalue weighted by Gasteiger charge is -2.51. The van der Waals surface area contributed by atoms with Gasteiger partial charge in [0.25, 0.3) is 5.91 Å². The van der Waals surface area contributed by atoms with Gasteiger partial charge in [-0.2, -0.15) is 0 Å². The van der Waals surface area contributed by atoms with E-state index in [1.807, 2.05) is 34.2 Å². The van der Waals surface area contributed by atoms with Crippen LogP contribution in [-0.4, -0.2) is 80.7 Å². The molecule has 14 heteroatoms. The number of rotatable bonds is 5. The maximum atomic E-state index is 16.0. The van der Waals surface area contributed by atoms with Crippen molar-refractivity contribution < 1.29 is 42.1 Å². The predicted octanol–water partition coefficient (Wildman–Crippen LogP) is 3.07. The van der Waals surface area contributed by atoms with E-state index in [9.17, 15) is 18.8 Å². The lowest BCUT2D eigenvalue weighted by atomic mass is 9.91. The molecule has 0 spiro atoms. The third kappa shape index (κ3) is 4.75. The van der Waals surface area contributed by atoms with E-state index in [0.717, 1.165) is 17.3 Å². The summed E-state index contributed by atoms with van der Waals surface area (Å²) in [4.78, 5) is 42.6. The molecular weight excluding hydrogens is 594 g/mol. The second-order valence-electron chi connectivity index (χ2n) is 10.8. The Kier molecular flexibility index (Phi) is 7.53. The van der Waals surface area contributed by atoms with Crippen LogP contribution in [0.25, 0.3) is 0 Å². The summed E-state index contributed by atoms with van der Waals surface area (Å²) in [5.41, 5.74) is 1.47. The molecule has 3 aromatic rings. The normalized spacial score (nSPS) is 21.9. The quantitative estimate of drug-likeness (QED) is 0.310. The summed E-state index contributed by atoms with van der Waals surface area (Å²) < 4.78 is 59.4. The van der Waals surface area contributed by atoms with E-state index < -0.39 is 54.2 Å². The number of aromatic nitrogens is 1. The molecule has 5 heterocycles. The van der Waals surface area contributed by atoms with Gasteiger partial charge in [0.1, 0.15) is 12.2 Å². The Morgan fingerprint density at radius 1 is 0.956 bits per heavy atom. The zero-order chi connectivity index (χ0) is 31.2. The summed E-state index contributed by atoms with van der Waals surface area (Å²) in [7, 11) is 0. The Balaban J connectivity index is 1.45. The van der Waals surface area contributed by atoms with Crippen LogP contribution in [0.1, 0.15) is 46.2 Å². The Morgan fingerprint density at radius 2 is 1.73 bits per heavy atom. The molecule has 236 valence electrons. The Labute approximate surface area is 256 Å². The van der Waals surface area contributed by atoms with Crippen LogP contribution >= 0.6 is 0 Å². The predicted molar refractivity (Wildman–Crippen MR) is 154 cm³/mol. The topological polar surface area (TPSA) is 112 Å². The van der Waals surface area contributed by atoms with Gasteiger partial charge in [-0.25, -0.2) is 13.6 Å². The monoisotopic (exact) mass is 624 g/mol. The van der Waals surface area contributed by atoms with Gasteiger partial charge in [-0.3, -0.25) is 19.3 Å². The van der Waals surface area contributed by atoms with Crippen LogP contribution in [0.3, 0.4) is 0 Å². The zero-order valence-electron chi connectivity index (χ0n) is 24.3. The van der Waals surface area contributed by atoms with Crippen molar-refractivity contribution in [2.75, 3.05) is 62.8 Å². The first-order chi connectivity index (χ1) is 21.9. The number of hydrogen-bond acceptors (Lipinski definition) is 10. The minimum atomic E-state index is -0.995. The number of fused-ring (bicyclic) bond motifs is 7. The van der Waals surface area contributed by atoms with Crippen molar-refractivity contribution in [3.05, 3.63) is 92.9 Å². The van der Waals surface area contributed by atoms with Crippen LogP contribution in [0.4, 0.5) is 19.3 Å². The highest BCUT2D eigenvalue weighted by Crippen LogP contribution is 2.48. The number of carbonyl (C=O) groups is 2. The highest BCUT2D eigenvalue weighted by molar-refractivity contribution is 5.96. The average Bonchev–Trinajstić information content (AvgIpc) is 3.17. The number of ether oxygens (including phenoxy) is 5. The fourth-order valence-electron chi connectivity index (χ4n) is 6.68. The van der Waals surface area contributed by atoms with E-state index >= 15 is 4.39 Å². The van der Waals surface area contributed by atoms with Gasteiger partial charge in [-0.05, 0) is 24.6 Å². The molecule has 0 aliphatic carbocycles. The maximum Gasteiger partial charge on any atom is 0.511 e. The number of benzene rings is 2. The first kappa shape index (κ1) is 29.0. The van der Waals surface area contributed by atoms with Crippen molar-refractivity contribution in [3.8, 4) is 5.75 Å². The van der Waals surface area contributed by atoms with Crippen LogP contribution in [-0.2, 0) is 18.9 Å². The van der Waals surface area contributed by atoms with Crippen LogP contribution in [0, 0.1) is 11.6 Å². The third-order valence-electron chi connectivity index (χ3n) is 8.53. The van der Waals surface area contributed by atoms with E-state index in [2.05, 4.69) is 0 Å². The standard InChI is InChI=1S/C31H30F2N4O8/c1-2-43-31(40)45-17-44-29-23(38)9-10-36-28(29)30(39)35-12-14-42-16-24(35)37(36)27-18-5-3-4-6-21(18)34-11-13-41-15-22(34)25-19(27)7-8-20(32)26(25)33/h3-10,22,24,27H,2,11-17H2,1H3. The van der Waals surface area contributed by atoms with Crippen molar-refractivity contribution in [2.24, 2.45) is 0 Å². The molecule has 4 aliphatic heterocycles. The van der Waals surface area contributed by atoms with E-state index in [1.165, 1.54) is 16.9 Å². The number of nitrogens with zero attached hydrogens (tertiary/aromatic N) is 4. The first-order valence-electron chi connectivity index (χ1n) is 14.7. The molecule has 45 heavy (non-hydrogen) atoms. The maximum absolute atomic E-state index is 16.0. The van der Waals surface area contributed by atoms with Crippen LogP contribution < -0.4 is 20.1 Å². The number of pyridine rings is 1. The summed E-state index contributed by atoms with van der Waals surface area (Å²) in [5.74, 6) is -2.79. The van der Waals surface area contributed by atoms with Crippen molar-refractivity contribution in [1.82, 2.24) is 9.58 Å². The minimum absolute atomic E-state index is 0.0767. The number of amides is 1. The summed E-state index contributed by atoms with van der Waals surface area (Å²) in [6.07, 6.45) is -0.246. The highest BCUT2D eigenvalue weighted by Gasteiger charge is 2.48. The molecule has 0 radical (unpaired) electrons. The molecule has 2 saturated heterocycles. The Bertz CT molecular complexity index is 1720. The van der Waals surface area contributed by atoms with Gasteiger partial charge in [0.2, 0.25) is 18.0 Å². The number of halogens is 2. The first-order valence-corrected chi connectivity index (χ1v) is 14.7. The molecule has 0 N–H and O–H groups in total. The van der Waals surface area contributed by atoms with Gasteiger partial charge in [0, 0.05) is 42.2 Å². The van der Waals surface area contributed by atoms with E-state index in [-0.39, 0.29) is 50.0 Å². The molecule has 4 aliphatic rings. The molecule has 2 aromatic carbocycles. The molecule has 0 bridgehead atoms. The lowest BCUT2D eigenvalue weighted by molar-refractivity contribution is -0.0210. The molecule has 3 unspecified atom stereocenters. The second kappa shape index (κ2) is 11.7. The smallest absolute Gasteiger partial charge is 0.451 e. The molecule has 7 rings (SSSR count). The van der Waals surface area contributed by atoms with Crippen molar-refractivity contribution >= 4 is 17.7 Å². The third-order valence-corrected chi connectivity index (χ3v) is 8.53. The van der Waals surface area contributed by atoms with Gasteiger partial charge >= 0.3 is 6.16 Å². The molecule has 12 nitrogen and oxygen atoms in total. The zero-order valence-corrected chi connectivity index (χ0v) is 24.3. The van der Waals surface area contributed by atoms with Crippen LogP contribution in [0.15, 0.2) is 53.5 Å². The number of anilines is 1. The molecule has 1 aromatic heterocycles. The summed E-state index contributed by atoms with van der Waals surface area (Å²) in [5, 5.41) is 1.84. The SMILES string of the molecule is CCOC(=O)OCOc1c2n(ccc1=O)N(C1c3ccccc3N3CCOCC3c3c1ccc(F)c3F)C1COCCN1C2=O. The lowest BCUT2D eigenvalue weighted by Crippen LogP contribution is -2.66. The van der Waals surface area contributed by atoms with Gasteiger partial charge in [0.15, 0.2) is 17.3 Å². The largest absolute Gasteiger partial charge is 0.511 e. The number of morpholine rings is 2. The van der Waals surface area contributed by atoms with Crippen molar-refractivity contribution in [3.63, 3.8) is 0 Å². The molecule has 3 atom stereocenters. The van der Waals surface area contributed by atoms with Gasteiger partial charge in [-0.1, -0.05) is 24.3 Å². The van der Waals surface area contributed by atoms with E-state index in [4.69, 9.17) is 23.7 Å². The molecule has 2 fully saturated rings. The summed E-state index contributed by atoms with van der Waals surface area (Å²) >= 11 is 0. The highest BCUT2D eigenvalue weighted by atomic mass is 19.2.